The predicted molar refractivity (Wildman–Crippen MR) is 293 cm³/mol. The maximum absolute atomic E-state index is 12.8. The normalized spacial score (nSPS) is 13.0. The van der Waals surface area contributed by atoms with Gasteiger partial charge in [-0.3, -0.25) is 14.4 Å². The highest BCUT2D eigenvalue weighted by atomic mass is 16.6. The topological polar surface area (TPSA) is 78.9 Å². The van der Waals surface area contributed by atoms with Crippen molar-refractivity contribution in [1.82, 2.24) is 0 Å². The summed E-state index contributed by atoms with van der Waals surface area (Å²) in [5, 5.41) is 0. The number of carbonyl (C=O) groups is 3. The molecule has 1 unspecified atom stereocenters. The van der Waals surface area contributed by atoms with Gasteiger partial charge in [0, 0.05) is 19.3 Å². The van der Waals surface area contributed by atoms with Crippen LogP contribution in [0.3, 0.4) is 0 Å². The van der Waals surface area contributed by atoms with Gasteiger partial charge in [-0.05, 0) is 122 Å². The van der Waals surface area contributed by atoms with Gasteiger partial charge in [0.1, 0.15) is 13.2 Å². The molecule has 0 radical (unpaired) electrons. The largest absolute Gasteiger partial charge is 0.462 e. The van der Waals surface area contributed by atoms with Crippen LogP contribution in [0.15, 0.2) is 122 Å². The van der Waals surface area contributed by atoms with Crippen LogP contribution in [0, 0.1) is 0 Å². The molecule has 0 aliphatic heterocycles. The van der Waals surface area contributed by atoms with Gasteiger partial charge in [0.05, 0.1) is 0 Å². The van der Waals surface area contributed by atoms with Crippen LogP contribution in [-0.2, 0) is 28.6 Å². The molecular formula is C62H100O6. The second kappa shape index (κ2) is 55.4. The summed E-state index contributed by atoms with van der Waals surface area (Å²) in [6.07, 6.45) is 76.3. The summed E-state index contributed by atoms with van der Waals surface area (Å²) in [5.74, 6) is -0.968. The summed E-state index contributed by atoms with van der Waals surface area (Å²) in [4.78, 5) is 38.0. The lowest BCUT2D eigenvalue weighted by atomic mass is 10.1. The fourth-order valence-electron chi connectivity index (χ4n) is 7.11. The van der Waals surface area contributed by atoms with Crippen molar-refractivity contribution < 1.29 is 28.6 Å². The Balaban J connectivity index is 4.34. The number of ether oxygens (including phenoxy) is 3. The molecule has 0 aliphatic rings. The van der Waals surface area contributed by atoms with E-state index in [2.05, 4.69) is 142 Å². The van der Waals surface area contributed by atoms with Crippen molar-refractivity contribution in [2.75, 3.05) is 13.2 Å². The SMILES string of the molecule is CC/C=C\C/C=C\C/C=C\C/C=C\C/C=C\CCCCCCCCCCCC(=O)OCC(COC(=O)CCCCCCC/C=C\CCC)OC(=O)CCCC/C=C\C/C=C\C/C=C\C/C=C\CC. The van der Waals surface area contributed by atoms with Gasteiger partial charge in [-0.2, -0.15) is 0 Å². The minimum absolute atomic E-state index is 0.104. The molecule has 0 N–H and O–H groups in total. The lowest BCUT2D eigenvalue weighted by Crippen LogP contribution is -2.30. The first-order chi connectivity index (χ1) is 33.5. The number of carbonyl (C=O) groups excluding carboxylic acids is 3. The number of esters is 3. The van der Waals surface area contributed by atoms with Crippen molar-refractivity contribution in [3.8, 4) is 0 Å². The summed E-state index contributed by atoms with van der Waals surface area (Å²) in [7, 11) is 0. The van der Waals surface area contributed by atoms with Crippen LogP contribution in [0.4, 0.5) is 0 Å². The Bertz CT molecular complexity index is 1450. The van der Waals surface area contributed by atoms with E-state index in [0.717, 1.165) is 135 Å². The Morgan fingerprint density at radius 1 is 0.309 bits per heavy atom. The van der Waals surface area contributed by atoms with E-state index in [9.17, 15) is 14.4 Å². The maximum Gasteiger partial charge on any atom is 0.306 e. The highest BCUT2D eigenvalue weighted by Gasteiger charge is 2.19. The zero-order valence-electron chi connectivity index (χ0n) is 43.8. The predicted octanol–water partition coefficient (Wildman–Crippen LogP) is 18.5. The van der Waals surface area contributed by atoms with Crippen LogP contribution in [0.1, 0.15) is 233 Å². The van der Waals surface area contributed by atoms with Crippen LogP contribution < -0.4 is 0 Å². The molecule has 0 aromatic rings. The molecule has 6 nitrogen and oxygen atoms in total. The average Bonchev–Trinajstić information content (AvgIpc) is 3.34. The van der Waals surface area contributed by atoms with Crippen LogP contribution in [0.2, 0.25) is 0 Å². The lowest BCUT2D eigenvalue weighted by molar-refractivity contribution is -0.167. The molecular weight excluding hydrogens is 841 g/mol. The number of rotatable bonds is 48. The van der Waals surface area contributed by atoms with Gasteiger partial charge < -0.3 is 14.2 Å². The number of unbranched alkanes of at least 4 members (excludes halogenated alkanes) is 17. The van der Waals surface area contributed by atoms with E-state index in [1.54, 1.807) is 0 Å². The molecule has 0 aliphatic carbocycles. The van der Waals surface area contributed by atoms with Crippen molar-refractivity contribution in [3.05, 3.63) is 122 Å². The van der Waals surface area contributed by atoms with Gasteiger partial charge in [0.2, 0.25) is 0 Å². The molecule has 1 atom stereocenters. The fraction of sp³-hybridized carbons (Fsp3) is 0.629. The Morgan fingerprint density at radius 2 is 0.574 bits per heavy atom. The fourth-order valence-corrected chi connectivity index (χ4v) is 7.11. The summed E-state index contributed by atoms with van der Waals surface area (Å²) < 4.78 is 16.8. The smallest absolute Gasteiger partial charge is 0.306 e. The first kappa shape index (κ1) is 63.8. The standard InChI is InChI=1S/C62H100O6/c1-4-7-10-13-16-19-22-24-26-27-28-29-30-31-32-33-34-35-37-38-40-43-46-49-52-55-61(64)67-58-59(57-66-60(63)54-51-48-45-42-21-18-15-12-9-6-3)68-62(65)56-53-50-47-44-41-39-36-25-23-20-17-14-11-8-5-2/h7-8,10-12,15-17,19-20,24-26,28-29,31-32,36,41,44,59H,4-6,9,13-14,18,21-23,27,30,33-35,37-40,42-43,45-58H2,1-3H3/b10-7-,11-8-,15-12-,19-16-,20-17-,26-24-,29-28-,32-31-,36-25-,44-41-. The average molecular weight is 941 g/mol. The van der Waals surface area contributed by atoms with Gasteiger partial charge in [0.25, 0.3) is 0 Å². The molecule has 0 rings (SSSR count). The zero-order chi connectivity index (χ0) is 49.3. The number of allylic oxidation sites excluding steroid dienone is 20. The number of hydrogen-bond acceptors (Lipinski definition) is 6. The van der Waals surface area contributed by atoms with Crippen LogP contribution in [0.5, 0.6) is 0 Å². The van der Waals surface area contributed by atoms with Gasteiger partial charge in [-0.15, -0.1) is 0 Å². The first-order valence-electron chi connectivity index (χ1n) is 27.5. The zero-order valence-corrected chi connectivity index (χ0v) is 43.8. The van der Waals surface area contributed by atoms with E-state index in [1.165, 1.54) is 51.4 Å². The van der Waals surface area contributed by atoms with E-state index in [0.29, 0.717) is 19.3 Å². The minimum atomic E-state index is -0.808. The molecule has 6 heteroatoms. The van der Waals surface area contributed by atoms with E-state index >= 15 is 0 Å². The molecule has 0 saturated heterocycles. The van der Waals surface area contributed by atoms with Gasteiger partial charge in [-0.25, -0.2) is 0 Å². The molecule has 0 aromatic carbocycles. The molecule has 0 bridgehead atoms. The molecule has 0 fully saturated rings. The highest BCUT2D eigenvalue weighted by Crippen LogP contribution is 2.14. The third-order valence-corrected chi connectivity index (χ3v) is 11.2. The molecule has 384 valence electrons. The summed E-state index contributed by atoms with van der Waals surface area (Å²) >= 11 is 0. The van der Waals surface area contributed by atoms with Crippen molar-refractivity contribution >= 4 is 17.9 Å². The third kappa shape index (κ3) is 52.8. The van der Waals surface area contributed by atoms with Crippen molar-refractivity contribution in [2.45, 2.75) is 239 Å². The third-order valence-electron chi connectivity index (χ3n) is 11.2. The second-order valence-corrected chi connectivity index (χ2v) is 17.7. The van der Waals surface area contributed by atoms with Gasteiger partial charge >= 0.3 is 17.9 Å². The molecule has 0 amide bonds. The Morgan fingerprint density at radius 3 is 0.941 bits per heavy atom. The minimum Gasteiger partial charge on any atom is -0.462 e. The van der Waals surface area contributed by atoms with Gasteiger partial charge in [0.15, 0.2) is 6.10 Å². The van der Waals surface area contributed by atoms with Crippen molar-refractivity contribution in [3.63, 3.8) is 0 Å². The second-order valence-electron chi connectivity index (χ2n) is 17.7. The van der Waals surface area contributed by atoms with Crippen LogP contribution in [-0.4, -0.2) is 37.2 Å². The first-order valence-corrected chi connectivity index (χ1v) is 27.5. The summed E-state index contributed by atoms with van der Waals surface area (Å²) in [6.45, 7) is 6.29. The summed E-state index contributed by atoms with van der Waals surface area (Å²) in [6, 6.07) is 0. The molecule has 0 saturated carbocycles. The maximum atomic E-state index is 12.8. The molecule has 68 heavy (non-hydrogen) atoms. The number of hydrogen-bond donors (Lipinski definition) is 0. The monoisotopic (exact) mass is 941 g/mol. The Hall–Kier alpha value is -4.19. The van der Waals surface area contributed by atoms with E-state index in [1.807, 2.05) is 0 Å². The van der Waals surface area contributed by atoms with E-state index in [-0.39, 0.29) is 37.5 Å². The van der Waals surface area contributed by atoms with Crippen molar-refractivity contribution in [2.24, 2.45) is 0 Å². The molecule has 0 aromatic heterocycles. The van der Waals surface area contributed by atoms with Gasteiger partial charge in [-0.1, -0.05) is 213 Å². The molecule has 0 spiro atoms. The van der Waals surface area contributed by atoms with Crippen LogP contribution >= 0.6 is 0 Å². The van der Waals surface area contributed by atoms with Crippen LogP contribution in [0.25, 0.3) is 0 Å². The highest BCUT2D eigenvalue weighted by molar-refractivity contribution is 5.71. The van der Waals surface area contributed by atoms with Crippen molar-refractivity contribution in [1.29, 1.82) is 0 Å². The summed E-state index contributed by atoms with van der Waals surface area (Å²) in [5.41, 5.74) is 0. The van der Waals surface area contributed by atoms with E-state index < -0.39 is 6.10 Å². The Labute approximate surface area is 418 Å². The Kier molecular flexibility index (Phi) is 52.0. The molecule has 0 heterocycles. The quantitative estimate of drug-likeness (QED) is 0.0262. The van der Waals surface area contributed by atoms with E-state index in [4.69, 9.17) is 14.2 Å². The lowest BCUT2D eigenvalue weighted by Gasteiger charge is -2.18.